The lowest BCUT2D eigenvalue weighted by molar-refractivity contribution is -0.141. The summed E-state index contributed by atoms with van der Waals surface area (Å²) in [4.78, 5) is 28.9. The number of aromatic amines is 1. The van der Waals surface area contributed by atoms with Crippen molar-refractivity contribution in [2.24, 2.45) is 5.73 Å². The van der Waals surface area contributed by atoms with Crippen LogP contribution >= 0.6 is 15.9 Å². The van der Waals surface area contributed by atoms with Crippen LogP contribution in [0.15, 0.2) is 22.8 Å². The van der Waals surface area contributed by atoms with Gasteiger partial charge < -0.3 is 16.0 Å². The molecule has 1 aromatic heterocycles. The zero-order chi connectivity index (χ0) is 20.4. The number of fused-ring (bicyclic) bond motifs is 1. The Morgan fingerprint density at radius 1 is 1.28 bits per heavy atom. The van der Waals surface area contributed by atoms with Crippen molar-refractivity contribution in [1.82, 2.24) is 25.3 Å². The van der Waals surface area contributed by atoms with Crippen LogP contribution in [0.4, 0.5) is 0 Å². The Bertz CT molecular complexity index is 894. The Morgan fingerprint density at radius 2 is 2.07 bits per heavy atom. The molecule has 2 amide bonds. The first-order valence-corrected chi connectivity index (χ1v) is 10.8. The maximum atomic E-state index is 12.9. The van der Waals surface area contributed by atoms with Gasteiger partial charge in [0.15, 0.2) is 0 Å². The number of aromatic nitrogens is 2. The first-order valence-electron chi connectivity index (χ1n) is 10.0. The summed E-state index contributed by atoms with van der Waals surface area (Å²) in [5.41, 5.74) is 7.60. The molecule has 1 atom stereocenters. The number of nitrogens with one attached hydrogen (secondary N) is 2. The van der Waals surface area contributed by atoms with Crippen LogP contribution in [0.5, 0.6) is 0 Å². The fraction of sp³-hybridized carbons (Fsp3) is 0.500. The van der Waals surface area contributed by atoms with Crippen molar-refractivity contribution in [2.45, 2.75) is 31.3 Å². The van der Waals surface area contributed by atoms with E-state index in [1.54, 1.807) is 17.5 Å². The SMILES string of the molecule is NC(=O)C1CN(C2CCNCC2)CCN1C(=O)[CH]Cc1cc(Br)c2[nH]ncc2c1. The van der Waals surface area contributed by atoms with E-state index in [4.69, 9.17) is 5.73 Å². The summed E-state index contributed by atoms with van der Waals surface area (Å²) in [6.45, 7) is 3.81. The number of carbonyl (C=O) groups is 2. The molecule has 4 N–H and O–H groups in total. The van der Waals surface area contributed by atoms with Gasteiger partial charge >= 0.3 is 0 Å². The van der Waals surface area contributed by atoms with Gasteiger partial charge in [-0.2, -0.15) is 5.10 Å². The number of rotatable bonds is 5. The molecule has 0 saturated carbocycles. The smallest absolute Gasteiger partial charge is 0.241 e. The lowest BCUT2D eigenvalue weighted by Crippen LogP contribution is -2.62. The number of benzene rings is 1. The molecular weight excluding hydrogens is 436 g/mol. The minimum atomic E-state index is -0.578. The van der Waals surface area contributed by atoms with Crippen molar-refractivity contribution in [3.63, 3.8) is 0 Å². The van der Waals surface area contributed by atoms with Crippen LogP contribution in [0.3, 0.4) is 0 Å². The molecule has 3 heterocycles. The normalized spacial score (nSPS) is 21.6. The van der Waals surface area contributed by atoms with Crippen molar-refractivity contribution in [1.29, 1.82) is 0 Å². The number of nitrogens with two attached hydrogens (primary N) is 1. The quantitative estimate of drug-likeness (QED) is 0.610. The number of piperidine rings is 1. The van der Waals surface area contributed by atoms with Crippen molar-refractivity contribution >= 4 is 38.6 Å². The highest BCUT2D eigenvalue weighted by molar-refractivity contribution is 9.10. The van der Waals surface area contributed by atoms with Crippen LogP contribution in [-0.2, 0) is 16.0 Å². The molecular formula is C20H26BrN6O2. The fourth-order valence-electron chi connectivity index (χ4n) is 4.33. The number of primary amides is 1. The number of piperazine rings is 1. The van der Waals surface area contributed by atoms with E-state index in [9.17, 15) is 9.59 Å². The molecule has 1 unspecified atom stereocenters. The number of hydrogen-bond acceptors (Lipinski definition) is 5. The standard InChI is InChI=1S/C20H26BrN6O2/c21-16-10-13(9-14-11-24-25-19(14)16)1-2-18(28)27-8-7-26(12-17(27)20(22)29)15-3-5-23-6-4-15/h2,9-11,15,17,23H,1,3-8,12H2,(H2,22,29)(H,24,25). The van der Waals surface area contributed by atoms with Crippen molar-refractivity contribution in [3.8, 4) is 0 Å². The Balaban J connectivity index is 1.39. The summed E-state index contributed by atoms with van der Waals surface area (Å²) in [6.07, 6.45) is 6.02. The van der Waals surface area contributed by atoms with Gasteiger partial charge in [-0.3, -0.25) is 19.6 Å². The predicted octanol–water partition coefficient (Wildman–Crippen LogP) is 0.822. The van der Waals surface area contributed by atoms with Gasteiger partial charge in [0.25, 0.3) is 0 Å². The number of nitrogens with zero attached hydrogens (tertiary/aromatic N) is 3. The van der Waals surface area contributed by atoms with Gasteiger partial charge in [0.05, 0.1) is 18.1 Å². The molecule has 155 valence electrons. The topological polar surface area (TPSA) is 107 Å². The highest BCUT2D eigenvalue weighted by atomic mass is 79.9. The summed E-state index contributed by atoms with van der Waals surface area (Å²) < 4.78 is 0.911. The second kappa shape index (κ2) is 8.81. The largest absolute Gasteiger partial charge is 0.368 e. The maximum absolute atomic E-state index is 12.9. The molecule has 2 aliphatic heterocycles. The Morgan fingerprint density at radius 3 is 2.83 bits per heavy atom. The Hall–Kier alpha value is -1.97. The fourth-order valence-corrected chi connectivity index (χ4v) is 4.94. The molecule has 4 rings (SSSR count). The Labute approximate surface area is 178 Å². The molecule has 2 saturated heterocycles. The van der Waals surface area contributed by atoms with E-state index in [1.165, 1.54) is 0 Å². The predicted molar refractivity (Wildman–Crippen MR) is 114 cm³/mol. The van der Waals surface area contributed by atoms with Crippen LogP contribution in [0.2, 0.25) is 0 Å². The maximum Gasteiger partial charge on any atom is 0.241 e. The number of H-pyrrole nitrogens is 1. The summed E-state index contributed by atoms with van der Waals surface area (Å²) in [6, 6.07) is 3.86. The van der Waals surface area contributed by atoms with E-state index >= 15 is 0 Å². The molecule has 1 radical (unpaired) electrons. The van der Waals surface area contributed by atoms with Crippen LogP contribution in [-0.4, -0.2) is 76.6 Å². The molecule has 0 bridgehead atoms. The zero-order valence-electron chi connectivity index (χ0n) is 16.2. The lowest BCUT2D eigenvalue weighted by Gasteiger charge is -2.44. The molecule has 8 nitrogen and oxygen atoms in total. The van der Waals surface area contributed by atoms with E-state index in [1.807, 2.05) is 12.1 Å². The first kappa shape index (κ1) is 20.3. The van der Waals surface area contributed by atoms with Gasteiger partial charge in [-0.1, -0.05) is 0 Å². The second-order valence-corrected chi connectivity index (χ2v) is 8.60. The van der Waals surface area contributed by atoms with E-state index in [2.05, 4.69) is 36.3 Å². The molecule has 0 spiro atoms. The summed E-state index contributed by atoms with van der Waals surface area (Å²) in [7, 11) is 0. The summed E-state index contributed by atoms with van der Waals surface area (Å²) in [5, 5.41) is 11.3. The third kappa shape index (κ3) is 4.46. The van der Waals surface area contributed by atoms with Crippen LogP contribution < -0.4 is 11.1 Å². The van der Waals surface area contributed by atoms with Crippen molar-refractivity contribution in [2.75, 3.05) is 32.7 Å². The number of halogens is 1. The van der Waals surface area contributed by atoms with Crippen molar-refractivity contribution < 1.29 is 9.59 Å². The number of carbonyl (C=O) groups excluding carboxylic acids is 2. The van der Waals surface area contributed by atoms with Gasteiger partial charge in [0.2, 0.25) is 11.8 Å². The molecule has 2 aromatic rings. The van der Waals surface area contributed by atoms with Gasteiger partial charge in [-0.25, -0.2) is 0 Å². The number of amides is 2. The zero-order valence-corrected chi connectivity index (χ0v) is 17.8. The Kier molecular flexibility index (Phi) is 6.17. The second-order valence-electron chi connectivity index (χ2n) is 7.75. The molecule has 2 aliphatic rings. The van der Waals surface area contributed by atoms with Gasteiger partial charge in [0.1, 0.15) is 6.04 Å². The minimum absolute atomic E-state index is 0.137. The third-order valence-electron chi connectivity index (χ3n) is 5.92. The van der Waals surface area contributed by atoms with Crippen LogP contribution in [0.1, 0.15) is 18.4 Å². The molecule has 9 heteroatoms. The van der Waals surface area contributed by atoms with Gasteiger partial charge in [-0.05, 0) is 66.0 Å². The van der Waals surface area contributed by atoms with Crippen LogP contribution in [0, 0.1) is 6.42 Å². The molecule has 1 aromatic carbocycles. The van der Waals surface area contributed by atoms with Crippen LogP contribution in [0.25, 0.3) is 10.9 Å². The van der Waals surface area contributed by atoms with E-state index in [0.717, 1.165) is 53.4 Å². The lowest BCUT2D eigenvalue weighted by atomic mass is 10.0. The number of hydrogen-bond donors (Lipinski definition) is 3. The average molecular weight is 462 g/mol. The highest BCUT2D eigenvalue weighted by Gasteiger charge is 2.36. The first-order chi connectivity index (χ1) is 14.0. The summed E-state index contributed by atoms with van der Waals surface area (Å²) in [5.74, 6) is -0.574. The molecule has 29 heavy (non-hydrogen) atoms. The van der Waals surface area contributed by atoms with Gasteiger partial charge in [0, 0.05) is 35.5 Å². The van der Waals surface area contributed by atoms with E-state index < -0.39 is 11.9 Å². The average Bonchev–Trinajstić information content (AvgIpc) is 3.21. The van der Waals surface area contributed by atoms with Gasteiger partial charge in [-0.15, -0.1) is 0 Å². The molecule has 0 aliphatic carbocycles. The van der Waals surface area contributed by atoms with E-state index in [-0.39, 0.29) is 5.91 Å². The molecule has 2 fully saturated rings. The highest BCUT2D eigenvalue weighted by Crippen LogP contribution is 2.25. The summed E-state index contributed by atoms with van der Waals surface area (Å²) >= 11 is 3.53. The van der Waals surface area contributed by atoms with E-state index in [0.29, 0.717) is 25.6 Å². The third-order valence-corrected chi connectivity index (χ3v) is 6.55. The van der Waals surface area contributed by atoms with Crippen molar-refractivity contribution in [3.05, 3.63) is 34.8 Å². The monoisotopic (exact) mass is 461 g/mol. The minimum Gasteiger partial charge on any atom is -0.368 e.